The lowest BCUT2D eigenvalue weighted by Gasteiger charge is -2.20. The Labute approximate surface area is 182 Å². The molecule has 0 spiro atoms. The summed E-state index contributed by atoms with van der Waals surface area (Å²) in [5.74, 6) is 0.185. The molecule has 2 N–H and O–H groups in total. The molecule has 5 rings (SSSR count). The molecule has 0 saturated heterocycles. The molecule has 1 aromatic heterocycles. The van der Waals surface area contributed by atoms with Gasteiger partial charge in [-0.25, -0.2) is 0 Å². The molecule has 4 nitrogen and oxygen atoms in total. The zero-order valence-electron chi connectivity index (χ0n) is 17.6. The number of aromatic amines is 1. The summed E-state index contributed by atoms with van der Waals surface area (Å²) in [6.07, 6.45) is 0.900. The maximum Gasteiger partial charge on any atom is 0.418 e. The lowest BCUT2D eigenvalue weighted by molar-refractivity contribution is -0.137. The Balaban J connectivity index is 1.51. The molecule has 32 heavy (non-hydrogen) atoms. The van der Waals surface area contributed by atoms with Crippen LogP contribution in [0.1, 0.15) is 58.6 Å². The van der Waals surface area contributed by atoms with Crippen LogP contribution in [0.4, 0.5) is 18.9 Å². The molecular weight excluding hydrogens is 417 g/mol. The van der Waals surface area contributed by atoms with Crippen molar-refractivity contribution in [2.24, 2.45) is 11.8 Å². The molecular formula is C25H23F3N2O2. The molecule has 2 bridgehead atoms. The van der Waals surface area contributed by atoms with Gasteiger partial charge in [0.2, 0.25) is 5.43 Å². The molecule has 0 aliphatic heterocycles. The predicted octanol–water partition coefficient (Wildman–Crippen LogP) is 6.01. The molecule has 2 aliphatic rings. The van der Waals surface area contributed by atoms with Gasteiger partial charge >= 0.3 is 6.18 Å². The number of H-pyrrole nitrogens is 1. The van der Waals surface area contributed by atoms with Crippen molar-refractivity contribution in [3.8, 4) is 0 Å². The first-order valence-corrected chi connectivity index (χ1v) is 10.9. The number of hydrogen-bond donors (Lipinski definition) is 2. The molecule has 166 valence electrons. The highest BCUT2D eigenvalue weighted by atomic mass is 19.4. The number of nitrogens with one attached hydrogen (secondary N) is 2. The molecule has 2 aliphatic carbocycles. The molecule has 1 amide bonds. The van der Waals surface area contributed by atoms with Gasteiger partial charge < -0.3 is 10.3 Å². The van der Waals surface area contributed by atoms with Crippen molar-refractivity contribution < 1.29 is 18.0 Å². The molecule has 1 heterocycles. The number of carbonyl (C=O) groups excluding carboxylic acids is 1. The fraction of sp³-hybridized carbons (Fsp3) is 0.360. The summed E-state index contributed by atoms with van der Waals surface area (Å²) in [4.78, 5) is 28.6. The van der Waals surface area contributed by atoms with Crippen LogP contribution in [0.15, 0.2) is 47.4 Å². The van der Waals surface area contributed by atoms with Crippen molar-refractivity contribution in [2.45, 2.75) is 44.7 Å². The number of rotatable bonds is 3. The number of pyridine rings is 1. The number of hydrogen-bond acceptors (Lipinski definition) is 2. The predicted molar refractivity (Wildman–Crippen MR) is 117 cm³/mol. The molecule has 2 fully saturated rings. The number of fused-ring (bicyclic) bond motifs is 3. The van der Waals surface area contributed by atoms with Crippen LogP contribution in [0, 0.1) is 18.8 Å². The Morgan fingerprint density at radius 2 is 1.75 bits per heavy atom. The normalized spacial score (nSPS) is 22.4. The fourth-order valence-electron chi connectivity index (χ4n) is 5.70. The molecule has 2 aromatic carbocycles. The standard InChI is InChI=1S/C25H23F3N2O2/c1-13-3-2-4-20-21(13)23(31)17(12-29-20)24(32)30-19-10-9-16(11-18(19)25(26,27)28)22-14-5-6-15(22)8-7-14/h2-4,9-12,14-15,22H,5-8H2,1H3,(H,29,31)(H,30,32). The quantitative estimate of drug-likeness (QED) is 0.524. The number of benzene rings is 2. The van der Waals surface area contributed by atoms with Gasteiger partial charge in [-0.15, -0.1) is 0 Å². The topological polar surface area (TPSA) is 62.0 Å². The second-order valence-electron chi connectivity index (χ2n) is 8.99. The first-order valence-electron chi connectivity index (χ1n) is 10.9. The Morgan fingerprint density at radius 1 is 1.06 bits per heavy atom. The third-order valence-corrected chi connectivity index (χ3v) is 7.18. The number of aromatic nitrogens is 1. The van der Waals surface area contributed by atoms with Gasteiger partial charge in [0.25, 0.3) is 5.91 Å². The summed E-state index contributed by atoms with van der Waals surface area (Å²) in [6.45, 7) is 1.75. The average molecular weight is 440 g/mol. The second-order valence-corrected chi connectivity index (χ2v) is 8.99. The van der Waals surface area contributed by atoms with Crippen LogP contribution in [0.25, 0.3) is 10.9 Å². The minimum absolute atomic E-state index is 0.159. The number of halogens is 3. The largest absolute Gasteiger partial charge is 0.418 e. The Hall–Kier alpha value is -3.09. The van der Waals surface area contributed by atoms with Crippen LogP contribution in [0.3, 0.4) is 0 Å². The number of amides is 1. The second kappa shape index (κ2) is 7.50. The monoisotopic (exact) mass is 440 g/mol. The molecule has 7 heteroatoms. The van der Waals surface area contributed by atoms with Crippen LogP contribution in [-0.4, -0.2) is 10.9 Å². The number of alkyl halides is 3. The van der Waals surface area contributed by atoms with Gasteiger partial charge in [0.05, 0.1) is 11.3 Å². The number of carbonyl (C=O) groups is 1. The smallest absolute Gasteiger partial charge is 0.360 e. The van der Waals surface area contributed by atoms with E-state index in [1.165, 1.54) is 18.3 Å². The van der Waals surface area contributed by atoms with Crippen LogP contribution in [0.5, 0.6) is 0 Å². The van der Waals surface area contributed by atoms with E-state index >= 15 is 0 Å². The number of anilines is 1. The van der Waals surface area contributed by atoms with Crippen molar-refractivity contribution in [3.63, 3.8) is 0 Å². The lowest BCUT2D eigenvalue weighted by Crippen LogP contribution is -2.24. The molecule has 0 unspecified atom stereocenters. The van der Waals surface area contributed by atoms with Gasteiger partial charge in [-0.1, -0.05) is 18.2 Å². The van der Waals surface area contributed by atoms with Crippen LogP contribution in [0.2, 0.25) is 0 Å². The fourth-order valence-corrected chi connectivity index (χ4v) is 5.70. The minimum atomic E-state index is -4.62. The molecule has 3 aromatic rings. The summed E-state index contributed by atoms with van der Waals surface area (Å²) >= 11 is 0. The van der Waals surface area contributed by atoms with Crippen LogP contribution >= 0.6 is 0 Å². The number of aryl methyl sites for hydroxylation is 1. The Bertz CT molecular complexity index is 1260. The third-order valence-electron chi connectivity index (χ3n) is 7.18. The third kappa shape index (κ3) is 3.40. The van der Waals surface area contributed by atoms with E-state index in [1.807, 2.05) is 0 Å². The van der Waals surface area contributed by atoms with Gasteiger partial charge in [0.15, 0.2) is 0 Å². The molecule has 2 saturated carbocycles. The lowest BCUT2D eigenvalue weighted by atomic mass is 9.88. The minimum Gasteiger partial charge on any atom is -0.360 e. The van der Waals surface area contributed by atoms with Crippen molar-refractivity contribution in [2.75, 3.05) is 5.32 Å². The maximum atomic E-state index is 13.9. The SMILES string of the molecule is Cc1cccc2[nH]cc(C(=O)Nc3ccc(C4C5CCC4CC5)cc3C(F)(F)F)c(=O)c12. The first-order chi connectivity index (χ1) is 15.2. The van der Waals surface area contributed by atoms with Crippen molar-refractivity contribution >= 4 is 22.5 Å². The Kier molecular flexibility index (Phi) is 4.87. The highest BCUT2D eigenvalue weighted by Crippen LogP contribution is 2.55. The van der Waals surface area contributed by atoms with Crippen molar-refractivity contribution in [3.05, 3.63) is 75.1 Å². The highest BCUT2D eigenvalue weighted by Gasteiger charge is 2.43. The summed E-state index contributed by atoms with van der Waals surface area (Å²) < 4.78 is 41.7. The van der Waals surface area contributed by atoms with E-state index < -0.39 is 23.1 Å². The summed E-state index contributed by atoms with van der Waals surface area (Å²) in [5, 5.41) is 2.69. The van der Waals surface area contributed by atoms with Gasteiger partial charge in [0, 0.05) is 17.1 Å². The van der Waals surface area contributed by atoms with E-state index in [4.69, 9.17) is 0 Å². The van der Waals surface area contributed by atoms with E-state index in [0.717, 1.165) is 25.7 Å². The van der Waals surface area contributed by atoms with Crippen LogP contribution in [-0.2, 0) is 6.18 Å². The van der Waals surface area contributed by atoms with Crippen LogP contribution < -0.4 is 10.7 Å². The maximum absolute atomic E-state index is 13.9. The van der Waals surface area contributed by atoms with Crippen molar-refractivity contribution in [1.82, 2.24) is 4.98 Å². The summed E-state index contributed by atoms with van der Waals surface area (Å²) in [7, 11) is 0. The average Bonchev–Trinajstić information content (AvgIpc) is 3.34. The first kappa shape index (κ1) is 20.8. The van der Waals surface area contributed by atoms with Gasteiger partial charge in [0.1, 0.15) is 5.56 Å². The molecule has 0 atom stereocenters. The summed E-state index contributed by atoms with van der Waals surface area (Å²) in [6, 6.07) is 9.44. The molecule has 0 radical (unpaired) electrons. The van der Waals surface area contributed by atoms with E-state index in [2.05, 4.69) is 10.3 Å². The van der Waals surface area contributed by atoms with E-state index in [1.54, 1.807) is 31.2 Å². The van der Waals surface area contributed by atoms with Gasteiger partial charge in [-0.3, -0.25) is 9.59 Å². The van der Waals surface area contributed by atoms with Gasteiger partial charge in [-0.2, -0.15) is 13.2 Å². The highest BCUT2D eigenvalue weighted by molar-refractivity contribution is 6.06. The van der Waals surface area contributed by atoms with E-state index in [9.17, 15) is 22.8 Å². The van der Waals surface area contributed by atoms with E-state index in [-0.39, 0.29) is 17.2 Å². The van der Waals surface area contributed by atoms with Gasteiger partial charge in [-0.05, 0) is 79.7 Å². The zero-order valence-corrected chi connectivity index (χ0v) is 17.6. The van der Waals surface area contributed by atoms with E-state index in [0.29, 0.717) is 33.9 Å². The van der Waals surface area contributed by atoms with Crippen molar-refractivity contribution in [1.29, 1.82) is 0 Å². The summed E-state index contributed by atoms with van der Waals surface area (Å²) in [5.41, 5.74) is 0.00586. The Morgan fingerprint density at radius 3 is 2.41 bits per heavy atom. The zero-order chi connectivity index (χ0) is 22.6.